The first kappa shape index (κ1) is 6.69. The third-order valence-electron chi connectivity index (χ3n) is 3.53. The van der Waals surface area contributed by atoms with Crippen molar-refractivity contribution in [3.8, 4) is 0 Å². The zero-order chi connectivity index (χ0) is 7.30. The maximum Gasteiger partial charge on any atom is -0.0326 e. The number of hydrogen-bond acceptors (Lipinski definition) is 0. The van der Waals surface area contributed by atoms with Gasteiger partial charge < -0.3 is 0 Å². The van der Waals surface area contributed by atoms with Gasteiger partial charge in [0.2, 0.25) is 0 Å². The number of hydrogen-bond donors (Lipinski definition) is 0. The van der Waals surface area contributed by atoms with E-state index in [0.717, 1.165) is 17.8 Å². The van der Waals surface area contributed by atoms with E-state index in [1.807, 2.05) is 0 Å². The molecule has 0 spiro atoms. The molecule has 0 bridgehead atoms. The second-order valence-corrected chi connectivity index (χ2v) is 4.73. The zero-order valence-corrected chi connectivity index (χ0v) is 7.30. The molecule has 0 aromatic rings. The minimum Gasteiger partial charge on any atom is -0.0628 e. The summed E-state index contributed by atoms with van der Waals surface area (Å²) in [6.45, 7) is 7.12. The molecule has 0 nitrogen and oxygen atoms in total. The first-order chi connectivity index (χ1) is 4.70. The van der Waals surface area contributed by atoms with Crippen LogP contribution >= 0.6 is 0 Å². The van der Waals surface area contributed by atoms with Crippen LogP contribution in [0.5, 0.6) is 0 Å². The summed E-state index contributed by atoms with van der Waals surface area (Å²) in [5, 5.41) is 0. The molecule has 2 rings (SSSR count). The number of rotatable bonds is 2. The molecule has 0 aromatic carbocycles. The number of fused-ring (bicyclic) bond motifs is 1. The monoisotopic (exact) mass is 138 g/mol. The van der Waals surface area contributed by atoms with Crippen LogP contribution in [-0.4, -0.2) is 0 Å². The van der Waals surface area contributed by atoms with Gasteiger partial charge in [-0.25, -0.2) is 0 Å². The molecule has 0 aromatic heterocycles. The summed E-state index contributed by atoms with van der Waals surface area (Å²) in [6, 6.07) is 0. The minimum absolute atomic E-state index is 0.929. The average molecular weight is 138 g/mol. The Kier molecular flexibility index (Phi) is 1.33. The topological polar surface area (TPSA) is 0 Å². The highest BCUT2D eigenvalue weighted by Gasteiger charge is 2.59. The molecule has 0 radical (unpaired) electrons. The molecule has 0 saturated heterocycles. The van der Waals surface area contributed by atoms with Crippen LogP contribution in [0.25, 0.3) is 0 Å². The van der Waals surface area contributed by atoms with Crippen molar-refractivity contribution in [2.24, 2.45) is 29.6 Å². The van der Waals surface area contributed by atoms with Crippen molar-refractivity contribution >= 4 is 0 Å². The molecule has 0 heterocycles. The summed E-state index contributed by atoms with van der Waals surface area (Å²) < 4.78 is 0. The second-order valence-electron chi connectivity index (χ2n) is 4.73. The van der Waals surface area contributed by atoms with E-state index in [4.69, 9.17) is 0 Å². The summed E-state index contributed by atoms with van der Waals surface area (Å²) in [5.74, 6) is 5.49. The first-order valence-corrected chi connectivity index (χ1v) is 4.70. The van der Waals surface area contributed by atoms with E-state index >= 15 is 0 Å². The van der Waals surface area contributed by atoms with Crippen LogP contribution in [0, 0.1) is 29.6 Å². The molecular formula is C10H18. The Bertz CT molecular complexity index is 133. The van der Waals surface area contributed by atoms with E-state index in [0.29, 0.717) is 0 Å². The van der Waals surface area contributed by atoms with Crippen molar-refractivity contribution in [3.05, 3.63) is 0 Å². The fourth-order valence-corrected chi connectivity index (χ4v) is 2.90. The molecule has 0 heteroatoms. The van der Waals surface area contributed by atoms with Crippen molar-refractivity contribution in [1.29, 1.82) is 0 Å². The van der Waals surface area contributed by atoms with E-state index in [2.05, 4.69) is 20.8 Å². The van der Waals surface area contributed by atoms with Gasteiger partial charge in [0.15, 0.2) is 0 Å². The predicted molar refractivity (Wildman–Crippen MR) is 43.7 cm³/mol. The van der Waals surface area contributed by atoms with E-state index in [1.165, 1.54) is 18.3 Å². The summed E-state index contributed by atoms with van der Waals surface area (Å²) in [4.78, 5) is 0. The van der Waals surface area contributed by atoms with Gasteiger partial charge in [-0.3, -0.25) is 0 Å². The lowest BCUT2D eigenvalue weighted by Crippen LogP contribution is -2.17. The van der Waals surface area contributed by atoms with E-state index in [9.17, 15) is 0 Å². The van der Waals surface area contributed by atoms with Crippen LogP contribution in [0.2, 0.25) is 0 Å². The van der Waals surface area contributed by atoms with Gasteiger partial charge in [-0.2, -0.15) is 0 Å². The van der Waals surface area contributed by atoms with Gasteiger partial charge in [0.1, 0.15) is 0 Å². The lowest BCUT2D eigenvalue weighted by molar-refractivity contribution is 0.241. The molecule has 10 heavy (non-hydrogen) atoms. The third-order valence-corrected chi connectivity index (χ3v) is 3.53. The van der Waals surface area contributed by atoms with Crippen LogP contribution in [0.4, 0.5) is 0 Å². The van der Waals surface area contributed by atoms with Crippen molar-refractivity contribution < 1.29 is 0 Å². The minimum atomic E-state index is 0.929. The summed E-state index contributed by atoms with van der Waals surface area (Å²) in [7, 11) is 0. The van der Waals surface area contributed by atoms with Crippen LogP contribution in [0.15, 0.2) is 0 Å². The van der Waals surface area contributed by atoms with Gasteiger partial charge in [0.25, 0.3) is 0 Å². The SMILES string of the molecule is CC(C)CC1CC2C(C)C12. The van der Waals surface area contributed by atoms with Crippen LogP contribution < -0.4 is 0 Å². The average Bonchev–Trinajstić information content (AvgIpc) is 2.27. The quantitative estimate of drug-likeness (QED) is 0.550. The molecule has 2 aliphatic rings. The van der Waals surface area contributed by atoms with Gasteiger partial charge in [0.05, 0.1) is 0 Å². The van der Waals surface area contributed by atoms with Gasteiger partial charge in [-0.1, -0.05) is 20.8 Å². The maximum atomic E-state index is 2.43. The molecule has 2 fully saturated rings. The van der Waals surface area contributed by atoms with Gasteiger partial charge >= 0.3 is 0 Å². The molecule has 2 aliphatic carbocycles. The van der Waals surface area contributed by atoms with E-state index in [-0.39, 0.29) is 0 Å². The van der Waals surface area contributed by atoms with Crippen molar-refractivity contribution in [1.82, 2.24) is 0 Å². The maximum absolute atomic E-state index is 2.43. The molecule has 2 saturated carbocycles. The van der Waals surface area contributed by atoms with Crippen LogP contribution in [0.1, 0.15) is 33.6 Å². The highest BCUT2D eigenvalue weighted by atomic mass is 14.6. The van der Waals surface area contributed by atoms with Gasteiger partial charge in [-0.15, -0.1) is 0 Å². The Hall–Kier alpha value is 0. The molecule has 4 unspecified atom stereocenters. The normalized spacial score (nSPS) is 50.4. The molecule has 4 atom stereocenters. The fraction of sp³-hybridized carbons (Fsp3) is 1.00. The standard InChI is InChI=1S/C10H18/c1-6(2)4-8-5-9-7(3)10(8)9/h6-10H,4-5H2,1-3H3. The summed E-state index contributed by atoms with van der Waals surface area (Å²) in [6.07, 6.45) is 3.05. The van der Waals surface area contributed by atoms with E-state index in [1.54, 1.807) is 6.42 Å². The largest absolute Gasteiger partial charge is 0.0628 e. The molecule has 0 N–H and O–H groups in total. The Morgan fingerprint density at radius 2 is 2.10 bits per heavy atom. The Labute approximate surface area is 64.0 Å². The fourth-order valence-electron chi connectivity index (χ4n) is 2.90. The molecule has 0 aliphatic heterocycles. The lowest BCUT2D eigenvalue weighted by atomic mass is 9.80. The summed E-state index contributed by atoms with van der Waals surface area (Å²) >= 11 is 0. The highest BCUT2D eigenvalue weighted by molar-refractivity contribution is 5.07. The third kappa shape index (κ3) is 0.810. The summed E-state index contributed by atoms with van der Waals surface area (Å²) in [5.41, 5.74) is 0. The second kappa shape index (κ2) is 1.99. The lowest BCUT2D eigenvalue weighted by Gasteiger charge is -2.26. The van der Waals surface area contributed by atoms with Crippen LogP contribution in [0.3, 0.4) is 0 Å². The van der Waals surface area contributed by atoms with Gasteiger partial charge in [-0.05, 0) is 42.4 Å². The predicted octanol–water partition coefficient (Wildman–Crippen LogP) is 2.93. The zero-order valence-electron chi connectivity index (χ0n) is 7.30. The van der Waals surface area contributed by atoms with Crippen molar-refractivity contribution in [3.63, 3.8) is 0 Å². The molecule has 0 amide bonds. The van der Waals surface area contributed by atoms with E-state index < -0.39 is 0 Å². The van der Waals surface area contributed by atoms with Crippen molar-refractivity contribution in [2.45, 2.75) is 33.6 Å². The highest BCUT2D eigenvalue weighted by Crippen LogP contribution is 2.65. The first-order valence-electron chi connectivity index (χ1n) is 4.70. The Morgan fingerprint density at radius 3 is 2.40 bits per heavy atom. The Morgan fingerprint density at radius 1 is 1.40 bits per heavy atom. The molecular weight excluding hydrogens is 120 g/mol. The van der Waals surface area contributed by atoms with Crippen LogP contribution in [-0.2, 0) is 0 Å². The smallest absolute Gasteiger partial charge is 0.0326 e. The van der Waals surface area contributed by atoms with Crippen molar-refractivity contribution in [2.75, 3.05) is 0 Å². The molecule has 58 valence electrons. The Balaban J connectivity index is 1.78. The van der Waals surface area contributed by atoms with Gasteiger partial charge in [0, 0.05) is 0 Å².